The van der Waals surface area contributed by atoms with Gasteiger partial charge in [0, 0.05) is 30.3 Å². The smallest absolute Gasteiger partial charge is 0.159 e. The first-order valence-corrected chi connectivity index (χ1v) is 9.41. The fourth-order valence-corrected chi connectivity index (χ4v) is 3.77. The summed E-state index contributed by atoms with van der Waals surface area (Å²) in [5.41, 5.74) is 2.13. The number of piperidine rings is 1. The van der Waals surface area contributed by atoms with Gasteiger partial charge in [0.15, 0.2) is 5.82 Å². The summed E-state index contributed by atoms with van der Waals surface area (Å²) in [6.07, 6.45) is 4.38. The van der Waals surface area contributed by atoms with Crippen LogP contribution in [0.5, 0.6) is 0 Å². The first kappa shape index (κ1) is 16.6. The van der Waals surface area contributed by atoms with E-state index in [-0.39, 0.29) is 0 Å². The lowest BCUT2D eigenvalue weighted by Gasteiger charge is -2.28. The molecule has 0 radical (unpaired) electrons. The minimum atomic E-state index is 0.557. The summed E-state index contributed by atoms with van der Waals surface area (Å²) in [7, 11) is 0. The van der Waals surface area contributed by atoms with E-state index in [1.807, 2.05) is 30.3 Å². The Bertz CT molecular complexity index is 890. The molecule has 5 heteroatoms. The Morgan fingerprint density at radius 3 is 2.24 bits per heavy atom. The summed E-state index contributed by atoms with van der Waals surface area (Å²) >= 11 is 12.6. The molecule has 3 aromatic rings. The molecule has 1 aromatic heterocycles. The molecule has 1 aliphatic rings. The number of nitrogens with zero attached hydrogens (tertiary/aromatic N) is 3. The Labute approximate surface area is 157 Å². The highest BCUT2D eigenvalue weighted by Crippen LogP contribution is 2.34. The van der Waals surface area contributed by atoms with Crippen LogP contribution < -0.4 is 4.90 Å². The Morgan fingerprint density at radius 1 is 0.840 bits per heavy atom. The third kappa shape index (κ3) is 3.44. The van der Waals surface area contributed by atoms with Crippen LogP contribution in [0.1, 0.15) is 30.5 Å². The van der Waals surface area contributed by atoms with Crippen LogP contribution in [0.15, 0.2) is 42.5 Å². The third-order valence-corrected chi connectivity index (χ3v) is 5.47. The van der Waals surface area contributed by atoms with Crippen LogP contribution in [0.25, 0.3) is 10.8 Å². The van der Waals surface area contributed by atoms with Crippen molar-refractivity contribution < 1.29 is 0 Å². The average Bonchev–Trinajstić information content (AvgIpc) is 2.65. The SMILES string of the molecule is Clc1cc2c(Cc3ccccc3)nnc(N3CCCCC3)c2cc1Cl. The first-order chi connectivity index (χ1) is 12.2. The predicted octanol–water partition coefficient (Wildman–Crippen LogP) is 5.52. The molecule has 2 aromatic carbocycles. The molecule has 2 heterocycles. The molecule has 4 rings (SSSR count). The molecule has 0 spiro atoms. The van der Waals surface area contributed by atoms with Crippen molar-refractivity contribution >= 4 is 39.8 Å². The summed E-state index contributed by atoms with van der Waals surface area (Å²) in [5.74, 6) is 0.921. The second-order valence-corrected chi connectivity index (χ2v) is 7.31. The zero-order valence-electron chi connectivity index (χ0n) is 13.9. The maximum absolute atomic E-state index is 6.31. The van der Waals surface area contributed by atoms with Gasteiger partial charge < -0.3 is 4.90 Å². The van der Waals surface area contributed by atoms with Gasteiger partial charge in [-0.15, -0.1) is 5.10 Å². The highest BCUT2D eigenvalue weighted by atomic mass is 35.5. The van der Waals surface area contributed by atoms with Gasteiger partial charge >= 0.3 is 0 Å². The summed E-state index contributed by atoms with van der Waals surface area (Å²) in [6.45, 7) is 2.03. The van der Waals surface area contributed by atoms with Crippen molar-refractivity contribution in [3.05, 3.63) is 63.8 Å². The van der Waals surface area contributed by atoms with E-state index in [1.54, 1.807) is 0 Å². The fraction of sp³-hybridized carbons (Fsp3) is 0.300. The lowest BCUT2D eigenvalue weighted by atomic mass is 10.0. The minimum Gasteiger partial charge on any atom is -0.355 e. The number of hydrogen-bond donors (Lipinski definition) is 0. The molecule has 3 nitrogen and oxygen atoms in total. The monoisotopic (exact) mass is 371 g/mol. The molecule has 1 fully saturated rings. The number of benzene rings is 2. The van der Waals surface area contributed by atoms with E-state index in [1.165, 1.54) is 24.8 Å². The van der Waals surface area contributed by atoms with Gasteiger partial charge in [-0.3, -0.25) is 0 Å². The zero-order chi connectivity index (χ0) is 17.2. The molecule has 1 saturated heterocycles. The van der Waals surface area contributed by atoms with E-state index in [0.717, 1.165) is 41.8 Å². The van der Waals surface area contributed by atoms with Gasteiger partial charge in [-0.05, 0) is 37.0 Å². The molecule has 0 unspecified atom stereocenters. The van der Waals surface area contributed by atoms with Crippen molar-refractivity contribution in [1.29, 1.82) is 0 Å². The predicted molar refractivity (Wildman–Crippen MR) is 105 cm³/mol. The van der Waals surface area contributed by atoms with E-state index < -0.39 is 0 Å². The Morgan fingerprint density at radius 2 is 1.52 bits per heavy atom. The van der Waals surface area contributed by atoms with E-state index in [9.17, 15) is 0 Å². The number of rotatable bonds is 3. The quantitative estimate of drug-likeness (QED) is 0.606. The lowest BCUT2D eigenvalue weighted by molar-refractivity contribution is 0.572. The summed E-state index contributed by atoms with van der Waals surface area (Å²) in [4.78, 5) is 2.31. The summed E-state index contributed by atoms with van der Waals surface area (Å²) in [5, 5.41) is 12.3. The largest absolute Gasteiger partial charge is 0.355 e. The highest BCUT2D eigenvalue weighted by molar-refractivity contribution is 6.43. The first-order valence-electron chi connectivity index (χ1n) is 8.65. The van der Waals surface area contributed by atoms with Crippen molar-refractivity contribution in [2.45, 2.75) is 25.7 Å². The molecule has 0 amide bonds. The number of halogens is 2. The van der Waals surface area contributed by atoms with Crippen molar-refractivity contribution in [3.63, 3.8) is 0 Å². The van der Waals surface area contributed by atoms with Crippen LogP contribution >= 0.6 is 23.2 Å². The van der Waals surface area contributed by atoms with Crippen LogP contribution in [0, 0.1) is 0 Å². The van der Waals surface area contributed by atoms with Crippen LogP contribution in [0.3, 0.4) is 0 Å². The van der Waals surface area contributed by atoms with Gasteiger partial charge in [-0.2, -0.15) is 5.10 Å². The molecule has 0 saturated carbocycles. The lowest BCUT2D eigenvalue weighted by Crippen LogP contribution is -2.30. The van der Waals surface area contributed by atoms with E-state index >= 15 is 0 Å². The molecule has 0 N–H and O–H groups in total. The van der Waals surface area contributed by atoms with Gasteiger partial charge in [0.2, 0.25) is 0 Å². The third-order valence-electron chi connectivity index (χ3n) is 4.75. The zero-order valence-corrected chi connectivity index (χ0v) is 15.4. The molecule has 128 valence electrons. The normalized spacial score (nSPS) is 14.9. The molecule has 0 aliphatic carbocycles. The summed E-state index contributed by atoms with van der Waals surface area (Å²) in [6, 6.07) is 14.2. The van der Waals surface area contributed by atoms with Crippen molar-refractivity contribution in [1.82, 2.24) is 10.2 Å². The maximum Gasteiger partial charge on any atom is 0.159 e. The van der Waals surface area contributed by atoms with Gasteiger partial charge in [-0.25, -0.2) is 0 Å². The van der Waals surface area contributed by atoms with Gasteiger partial charge in [0.05, 0.1) is 15.7 Å². The Kier molecular flexibility index (Phi) is 4.78. The topological polar surface area (TPSA) is 29.0 Å². The Balaban J connectivity index is 1.83. The van der Waals surface area contributed by atoms with Crippen molar-refractivity contribution in [2.24, 2.45) is 0 Å². The molecule has 25 heavy (non-hydrogen) atoms. The van der Waals surface area contributed by atoms with E-state index in [2.05, 4.69) is 27.2 Å². The fourth-order valence-electron chi connectivity index (χ4n) is 3.45. The number of aromatic nitrogens is 2. The molecule has 1 aliphatic heterocycles. The van der Waals surface area contributed by atoms with Gasteiger partial charge in [0.1, 0.15) is 0 Å². The standard InChI is InChI=1S/C20H19Cl2N3/c21-17-12-15-16(13-18(17)22)20(25-9-5-2-6-10-25)24-23-19(15)11-14-7-3-1-4-8-14/h1,3-4,7-8,12-13H,2,5-6,9-11H2. The number of fused-ring (bicyclic) bond motifs is 1. The second kappa shape index (κ2) is 7.19. The van der Waals surface area contributed by atoms with Crippen molar-refractivity contribution in [2.75, 3.05) is 18.0 Å². The minimum absolute atomic E-state index is 0.557. The van der Waals surface area contributed by atoms with E-state index in [0.29, 0.717) is 10.0 Å². The Hall–Kier alpha value is -1.84. The number of hydrogen-bond acceptors (Lipinski definition) is 3. The van der Waals surface area contributed by atoms with Gasteiger partial charge in [0.25, 0.3) is 0 Å². The average molecular weight is 372 g/mol. The van der Waals surface area contributed by atoms with Crippen molar-refractivity contribution in [3.8, 4) is 0 Å². The molecule has 0 bridgehead atoms. The number of anilines is 1. The molecule has 0 atom stereocenters. The van der Waals surface area contributed by atoms with Crippen LogP contribution in [0.2, 0.25) is 10.0 Å². The highest BCUT2D eigenvalue weighted by Gasteiger charge is 2.19. The molecular weight excluding hydrogens is 353 g/mol. The van der Waals surface area contributed by atoms with Gasteiger partial charge in [-0.1, -0.05) is 53.5 Å². The van der Waals surface area contributed by atoms with E-state index in [4.69, 9.17) is 23.2 Å². The van der Waals surface area contributed by atoms with Crippen LogP contribution in [-0.4, -0.2) is 23.3 Å². The molecular formula is C20H19Cl2N3. The van der Waals surface area contributed by atoms with Crippen LogP contribution in [-0.2, 0) is 6.42 Å². The van der Waals surface area contributed by atoms with Crippen LogP contribution in [0.4, 0.5) is 5.82 Å². The maximum atomic E-state index is 6.31. The second-order valence-electron chi connectivity index (χ2n) is 6.49. The summed E-state index contributed by atoms with van der Waals surface area (Å²) < 4.78 is 0.